The summed E-state index contributed by atoms with van der Waals surface area (Å²) in [7, 11) is 0. The minimum absolute atomic E-state index is 0.110. The first-order chi connectivity index (χ1) is 28.0. The lowest BCUT2D eigenvalue weighted by atomic mass is 10.1. The van der Waals surface area contributed by atoms with E-state index >= 15 is 0 Å². The Hall–Kier alpha value is -3.41. The molecule has 1 atom stereocenters. The van der Waals surface area contributed by atoms with Crippen LogP contribution in [0.2, 0.25) is 0 Å². The molecule has 0 aromatic rings. The van der Waals surface area contributed by atoms with E-state index in [1.165, 1.54) is 64.2 Å². The van der Waals surface area contributed by atoms with Gasteiger partial charge < -0.3 is 14.2 Å². The molecule has 0 aliphatic carbocycles. The predicted molar refractivity (Wildman–Crippen MR) is 242 cm³/mol. The van der Waals surface area contributed by atoms with Crippen LogP contribution in [0.4, 0.5) is 0 Å². The van der Waals surface area contributed by atoms with Crippen molar-refractivity contribution in [2.75, 3.05) is 13.2 Å². The lowest BCUT2D eigenvalue weighted by Gasteiger charge is -2.18. The summed E-state index contributed by atoms with van der Waals surface area (Å²) in [6.07, 6.45) is 57.1. The van der Waals surface area contributed by atoms with Crippen molar-refractivity contribution in [1.82, 2.24) is 0 Å². The summed E-state index contributed by atoms with van der Waals surface area (Å²) in [4.78, 5) is 37.7. The van der Waals surface area contributed by atoms with Gasteiger partial charge in [-0.3, -0.25) is 14.4 Å². The van der Waals surface area contributed by atoms with Gasteiger partial charge in [0.1, 0.15) is 13.2 Å². The Morgan fingerprint density at radius 1 is 0.368 bits per heavy atom. The number of carbonyl (C=O) groups excluding carboxylic acids is 3. The molecule has 0 saturated carbocycles. The van der Waals surface area contributed by atoms with Gasteiger partial charge in [0, 0.05) is 19.3 Å². The minimum atomic E-state index is -0.813. The third kappa shape index (κ3) is 43.6. The number of esters is 3. The lowest BCUT2D eigenvalue weighted by Crippen LogP contribution is -2.30. The van der Waals surface area contributed by atoms with Gasteiger partial charge >= 0.3 is 17.9 Å². The third-order valence-corrected chi connectivity index (χ3v) is 9.37. The molecular formula is C51H84O6. The van der Waals surface area contributed by atoms with E-state index in [-0.39, 0.29) is 44.0 Å². The van der Waals surface area contributed by atoms with Crippen molar-refractivity contribution in [3.63, 3.8) is 0 Å². The van der Waals surface area contributed by atoms with Crippen LogP contribution in [0.3, 0.4) is 0 Å². The van der Waals surface area contributed by atoms with Crippen molar-refractivity contribution >= 4 is 17.9 Å². The zero-order chi connectivity index (χ0) is 41.5. The number of rotatable bonds is 40. The molecule has 0 saturated heterocycles. The number of allylic oxidation sites excluding steroid dienone is 14. The van der Waals surface area contributed by atoms with Gasteiger partial charge in [0.15, 0.2) is 6.10 Å². The van der Waals surface area contributed by atoms with Gasteiger partial charge in [-0.15, -0.1) is 0 Å². The van der Waals surface area contributed by atoms with Crippen molar-refractivity contribution in [3.05, 3.63) is 85.1 Å². The van der Waals surface area contributed by atoms with E-state index in [0.29, 0.717) is 12.8 Å². The minimum Gasteiger partial charge on any atom is -0.462 e. The van der Waals surface area contributed by atoms with Crippen LogP contribution in [-0.2, 0) is 28.6 Å². The molecule has 0 bridgehead atoms. The summed E-state index contributed by atoms with van der Waals surface area (Å²) in [6.45, 7) is 6.41. The Morgan fingerprint density at radius 2 is 0.719 bits per heavy atom. The Labute approximate surface area is 350 Å². The van der Waals surface area contributed by atoms with Crippen LogP contribution in [0, 0.1) is 0 Å². The molecule has 57 heavy (non-hydrogen) atoms. The highest BCUT2D eigenvalue weighted by Gasteiger charge is 2.19. The molecule has 0 spiro atoms. The number of hydrogen-bond acceptors (Lipinski definition) is 6. The molecule has 1 unspecified atom stereocenters. The summed E-state index contributed by atoms with van der Waals surface area (Å²) >= 11 is 0. The van der Waals surface area contributed by atoms with E-state index in [9.17, 15) is 14.4 Å². The highest BCUT2D eigenvalue weighted by molar-refractivity contribution is 5.71. The number of carbonyl (C=O) groups is 3. The maximum Gasteiger partial charge on any atom is 0.306 e. The number of unbranched alkanes of at least 4 members (excludes halogenated alkanes) is 16. The van der Waals surface area contributed by atoms with Crippen LogP contribution in [0.5, 0.6) is 0 Å². The monoisotopic (exact) mass is 793 g/mol. The van der Waals surface area contributed by atoms with Crippen LogP contribution in [0.25, 0.3) is 0 Å². The Morgan fingerprint density at radius 3 is 1.26 bits per heavy atom. The SMILES string of the molecule is CCCC/C=C\C=C/CCCCCC(=O)OC(COC(=O)CCC/C=C\C/C=C\C/C=C\C/C=C\CCCCC)COC(=O)CCCCCCC/C=C\CCCC. The summed E-state index contributed by atoms with van der Waals surface area (Å²) in [5, 5.41) is 0. The van der Waals surface area contributed by atoms with Crippen molar-refractivity contribution in [1.29, 1.82) is 0 Å². The van der Waals surface area contributed by atoms with Gasteiger partial charge in [-0.05, 0) is 96.3 Å². The van der Waals surface area contributed by atoms with Crippen LogP contribution < -0.4 is 0 Å². The third-order valence-electron chi connectivity index (χ3n) is 9.37. The molecule has 0 fully saturated rings. The van der Waals surface area contributed by atoms with Gasteiger partial charge in [-0.2, -0.15) is 0 Å². The van der Waals surface area contributed by atoms with E-state index in [0.717, 1.165) is 89.9 Å². The van der Waals surface area contributed by atoms with E-state index < -0.39 is 6.10 Å². The van der Waals surface area contributed by atoms with E-state index in [4.69, 9.17) is 14.2 Å². The molecule has 324 valence electrons. The largest absolute Gasteiger partial charge is 0.462 e. The summed E-state index contributed by atoms with van der Waals surface area (Å²) in [5.41, 5.74) is 0. The lowest BCUT2D eigenvalue weighted by molar-refractivity contribution is -0.167. The van der Waals surface area contributed by atoms with E-state index in [1.54, 1.807) is 0 Å². The quantitative estimate of drug-likeness (QED) is 0.0202. The first-order valence-corrected chi connectivity index (χ1v) is 23.1. The fourth-order valence-corrected chi connectivity index (χ4v) is 5.80. The zero-order valence-electron chi connectivity index (χ0n) is 36.8. The van der Waals surface area contributed by atoms with Crippen molar-refractivity contribution in [3.8, 4) is 0 Å². The number of ether oxygens (including phenoxy) is 3. The van der Waals surface area contributed by atoms with Gasteiger partial charge in [-0.25, -0.2) is 0 Å². The second-order valence-corrected chi connectivity index (χ2v) is 15.0. The molecule has 0 amide bonds. The second kappa shape index (κ2) is 45.3. The summed E-state index contributed by atoms with van der Waals surface area (Å²) < 4.78 is 16.6. The summed E-state index contributed by atoms with van der Waals surface area (Å²) in [6, 6.07) is 0. The first-order valence-electron chi connectivity index (χ1n) is 23.1. The molecule has 0 radical (unpaired) electrons. The Balaban J connectivity index is 4.51. The second-order valence-electron chi connectivity index (χ2n) is 15.0. The topological polar surface area (TPSA) is 78.9 Å². The van der Waals surface area contributed by atoms with Crippen molar-refractivity contribution < 1.29 is 28.6 Å². The molecular weight excluding hydrogens is 709 g/mol. The average molecular weight is 793 g/mol. The summed E-state index contributed by atoms with van der Waals surface area (Å²) in [5.74, 6) is -1.02. The highest BCUT2D eigenvalue weighted by Crippen LogP contribution is 2.11. The first kappa shape index (κ1) is 53.6. The van der Waals surface area contributed by atoms with E-state index in [1.807, 2.05) is 0 Å². The zero-order valence-corrected chi connectivity index (χ0v) is 36.8. The molecule has 0 N–H and O–H groups in total. The fourth-order valence-electron chi connectivity index (χ4n) is 5.80. The molecule has 0 aliphatic rings. The van der Waals surface area contributed by atoms with Gasteiger partial charge in [0.25, 0.3) is 0 Å². The van der Waals surface area contributed by atoms with Crippen molar-refractivity contribution in [2.45, 2.75) is 207 Å². The molecule has 6 nitrogen and oxygen atoms in total. The van der Waals surface area contributed by atoms with Gasteiger partial charge in [0.2, 0.25) is 0 Å². The standard InChI is InChI=1S/C51H84O6/c1-4-7-10-13-16-19-22-23-24-25-26-27-30-32-35-38-41-44-50(53)56-47-48(57-51(54)45-42-39-36-33-29-21-18-15-12-9-6-3)46-55-49(52)43-40-37-34-31-28-20-17-14-11-8-5-2/h14-19,21,23-24,26-27,29,32,35,48H,4-13,20,22,25,28,30-31,33-34,36-47H2,1-3H3/b17-14-,18-15-,19-16-,24-23-,27-26-,29-21-,35-32-. The molecule has 0 heterocycles. The molecule has 6 heteroatoms. The fraction of sp³-hybridized carbons (Fsp3) is 0.667. The smallest absolute Gasteiger partial charge is 0.306 e. The maximum atomic E-state index is 12.7. The molecule has 0 aliphatic heterocycles. The highest BCUT2D eigenvalue weighted by atomic mass is 16.6. The average Bonchev–Trinajstić information content (AvgIpc) is 3.21. The van der Waals surface area contributed by atoms with Gasteiger partial charge in [-0.1, -0.05) is 170 Å². The predicted octanol–water partition coefficient (Wildman–Crippen LogP) is 14.9. The van der Waals surface area contributed by atoms with Crippen LogP contribution in [0.15, 0.2) is 85.1 Å². The van der Waals surface area contributed by atoms with Crippen molar-refractivity contribution in [2.24, 2.45) is 0 Å². The van der Waals surface area contributed by atoms with Crippen LogP contribution in [0.1, 0.15) is 201 Å². The molecule has 0 aromatic carbocycles. The normalized spacial score (nSPS) is 12.8. The van der Waals surface area contributed by atoms with Gasteiger partial charge in [0.05, 0.1) is 0 Å². The van der Waals surface area contributed by atoms with Crippen LogP contribution in [-0.4, -0.2) is 37.2 Å². The maximum absolute atomic E-state index is 12.7. The Kier molecular flexibility index (Phi) is 42.6. The Bertz CT molecular complexity index is 1140. The number of hydrogen-bond donors (Lipinski definition) is 0. The van der Waals surface area contributed by atoms with Crippen LogP contribution >= 0.6 is 0 Å². The van der Waals surface area contributed by atoms with E-state index in [2.05, 4.69) is 106 Å². The molecule has 0 rings (SSSR count). The molecule has 0 aromatic heterocycles.